The number of hydrogen-bond acceptors (Lipinski definition) is 4. The third kappa shape index (κ3) is 3.38. The maximum atomic E-state index is 12.4. The molecular formula is C19H19N3O3. The van der Waals surface area contributed by atoms with Crippen molar-refractivity contribution in [2.75, 3.05) is 0 Å². The Morgan fingerprint density at radius 2 is 1.60 bits per heavy atom. The zero-order chi connectivity index (χ0) is 18.1. The Morgan fingerprint density at radius 1 is 0.920 bits per heavy atom. The predicted octanol–water partition coefficient (Wildman–Crippen LogP) is 3.14. The first-order valence-electron chi connectivity index (χ1n) is 7.91. The lowest BCUT2D eigenvalue weighted by molar-refractivity contribution is 0.0845. The number of pyridine rings is 1. The van der Waals surface area contributed by atoms with E-state index in [2.05, 4.69) is 15.8 Å². The lowest BCUT2D eigenvalue weighted by Gasteiger charge is -2.10. The molecule has 0 saturated heterocycles. The first-order chi connectivity index (χ1) is 11.8. The van der Waals surface area contributed by atoms with Crippen LogP contribution in [0.1, 0.15) is 43.5 Å². The molecule has 128 valence electrons. The molecule has 0 fully saturated rings. The van der Waals surface area contributed by atoms with Crippen molar-refractivity contribution in [2.24, 2.45) is 0 Å². The Hall–Kier alpha value is -3.15. The molecule has 3 rings (SSSR count). The molecule has 2 N–H and O–H groups in total. The standard InChI is InChI=1S/C19H19N3O3/c1-10-5-6-17-14(7-10)9-15(12(3)20-17)18(23)21-22-19(24)16-8-11(2)25-13(16)4/h5-9H,1-4H3,(H,21,23)(H,22,24). The second-order valence-electron chi connectivity index (χ2n) is 6.05. The Labute approximate surface area is 145 Å². The monoisotopic (exact) mass is 337 g/mol. The van der Waals surface area contributed by atoms with Gasteiger partial charge >= 0.3 is 0 Å². The summed E-state index contributed by atoms with van der Waals surface area (Å²) in [5, 5.41) is 0.878. The van der Waals surface area contributed by atoms with Gasteiger partial charge in [0, 0.05) is 5.39 Å². The molecule has 0 aliphatic heterocycles. The SMILES string of the molecule is Cc1ccc2nc(C)c(C(=O)NNC(=O)c3cc(C)oc3C)cc2c1. The summed E-state index contributed by atoms with van der Waals surface area (Å²) in [6, 6.07) is 9.27. The Morgan fingerprint density at radius 3 is 2.24 bits per heavy atom. The summed E-state index contributed by atoms with van der Waals surface area (Å²) in [5.74, 6) is 0.298. The van der Waals surface area contributed by atoms with E-state index >= 15 is 0 Å². The van der Waals surface area contributed by atoms with E-state index in [4.69, 9.17) is 4.42 Å². The largest absolute Gasteiger partial charge is 0.466 e. The lowest BCUT2D eigenvalue weighted by atomic mass is 10.1. The van der Waals surface area contributed by atoms with Crippen LogP contribution in [0.15, 0.2) is 34.7 Å². The topological polar surface area (TPSA) is 84.2 Å². The highest BCUT2D eigenvalue weighted by Gasteiger charge is 2.16. The number of nitrogens with zero attached hydrogens (tertiary/aromatic N) is 1. The normalized spacial score (nSPS) is 10.7. The molecule has 0 aliphatic rings. The maximum Gasteiger partial charge on any atom is 0.273 e. The van der Waals surface area contributed by atoms with Crippen molar-refractivity contribution in [3.05, 3.63) is 64.2 Å². The highest BCUT2D eigenvalue weighted by molar-refractivity contribution is 6.01. The smallest absolute Gasteiger partial charge is 0.273 e. The number of benzene rings is 1. The van der Waals surface area contributed by atoms with E-state index in [0.717, 1.165) is 16.5 Å². The number of rotatable bonds is 2. The number of carbonyl (C=O) groups excluding carboxylic acids is 2. The number of amides is 2. The van der Waals surface area contributed by atoms with Gasteiger partial charge < -0.3 is 4.42 Å². The molecule has 0 spiro atoms. The second kappa shape index (κ2) is 6.39. The van der Waals surface area contributed by atoms with Crippen molar-refractivity contribution in [3.63, 3.8) is 0 Å². The summed E-state index contributed by atoms with van der Waals surface area (Å²) in [5.41, 5.74) is 8.16. The van der Waals surface area contributed by atoms with Crippen molar-refractivity contribution in [2.45, 2.75) is 27.7 Å². The van der Waals surface area contributed by atoms with E-state index in [0.29, 0.717) is 28.3 Å². The van der Waals surface area contributed by atoms with Crippen molar-refractivity contribution in [3.8, 4) is 0 Å². The minimum atomic E-state index is -0.426. The van der Waals surface area contributed by atoms with E-state index in [1.54, 1.807) is 32.9 Å². The number of hydrogen-bond donors (Lipinski definition) is 2. The second-order valence-corrected chi connectivity index (χ2v) is 6.05. The average Bonchev–Trinajstić information content (AvgIpc) is 2.90. The lowest BCUT2D eigenvalue weighted by Crippen LogP contribution is -2.42. The van der Waals surface area contributed by atoms with Crippen LogP contribution in [-0.2, 0) is 0 Å². The molecule has 0 saturated carbocycles. The van der Waals surface area contributed by atoms with Crippen LogP contribution < -0.4 is 10.9 Å². The van der Waals surface area contributed by atoms with Crippen molar-refractivity contribution in [1.82, 2.24) is 15.8 Å². The van der Waals surface area contributed by atoms with Crippen molar-refractivity contribution >= 4 is 22.7 Å². The van der Waals surface area contributed by atoms with Crippen LogP contribution in [0.3, 0.4) is 0 Å². The van der Waals surface area contributed by atoms with E-state index in [1.165, 1.54) is 0 Å². The van der Waals surface area contributed by atoms with Crippen LogP contribution in [-0.4, -0.2) is 16.8 Å². The van der Waals surface area contributed by atoms with Crippen LogP contribution in [0.5, 0.6) is 0 Å². The molecule has 0 radical (unpaired) electrons. The first kappa shape index (κ1) is 16.7. The molecule has 25 heavy (non-hydrogen) atoms. The number of furan rings is 1. The van der Waals surface area contributed by atoms with Gasteiger partial charge in [-0.15, -0.1) is 0 Å². The number of nitrogens with one attached hydrogen (secondary N) is 2. The number of carbonyl (C=O) groups is 2. The van der Waals surface area contributed by atoms with E-state index < -0.39 is 11.8 Å². The van der Waals surface area contributed by atoms with Crippen LogP contribution in [0.25, 0.3) is 10.9 Å². The fourth-order valence-electron chi connectivity index (χ4n) is 2.73. The number of aromatic nitrogens is 1. The van der Waals surface area contributed by atoms with Gasteiger partial charge in [0.15, 0.2) is 0 Å². The quantitative estimate of drug-likeness (QED) is 0.704. The van der Waals surface area contributed by atoms with Crippen LogP contribution in [0.2, 0.25) is 0 Å². The molecule has 0 aliphatic carbocycles. The van der Waals surface area contributed by atoms with Crippen molar-refractivity contribution in [1.29, 1.82) is 0 Å². The van der Waals surface area contributed by atoms with Gasteiger partial charge in [-0.05, 0) is 52.0 Å². The third-order valence-corrected chi connectivity index (χ3v) is 3.98. The molecule has 0 atom stereocenters. The van der Waals surface area contributed by atoms with Gasteiger partial charge in [-0.2, -0.15) is 0 Å². The van der Waals surface area contributed by atoms with Gasteiger partial charge in [0.25, 0.3) is 11.8 Å². The first-order valence-corrected chi connectivity index (χ1v) is 7.91. The minimum absolute atomic E-state index is 0.391. The van der Waals surface area contributed by atoms with Crippen molar-refractivity contribution < 1.29 is 14.0 Å². The summed E-state index contributed by atoms with van der Waals surface area (Å²) < 4.78 is 5.32. The van der Waals surface area contributed by atoms with Crippen LogP contribution in [0.4, 0.5) is 0 Å². The maximum absolute atomic E-state index is 12.4. The number of fused-ring (bicyclic) bond motifs is 1. The number of aryl methyl sites for hydroxylation is 4. The minimum Gasteiger partial charge on any atom is -0.466 e. The summed E-state index contributed by atoms with van der Waals surface area (Å²) in [6.45, 7) is 7.20. The van der Waals surface area contributed by atoms with E-state index in [9.17, 15) is 9.59 Å². The Kier molecular flexibility index (Phi) is 4.27. The molecular weight excluding hydrogens is 318 g/mol. The summed E-state index contributed by atoms with van der Waals surface area (Å²) in [6.07, 6.45) is 0. The highest BCUT2D eigenvalue weighted by atomic mass is 16.3. The predicted molar refractivity (Wildman–Crippen MR) is 94.3 cm³/mol. The Balaban J connectivity index is 1.79. The van der Waals surface area contributed by atoms with Gasteiger partial charge in [0.1, 0.15) is 11.5 Å². The van der Waals surface area contributed by atoms with Crippen LogP contribution in [0, 0.1) is 27.7 Å². The zero-order valence-electron chi connectivity index (χ0n) is 14.6. The van der Waals surface area contributed by atoms with Gasteiger partial charge in [0.05, 0.1) is 22.3 Å². The van der Waals surface area contributed by atoms with E-state index in [1.807, 2.05) is 25.1 Å². The molecule has 3 aromatic rings. The number of hydrazine groups is 1. The summed E-state index contributed by atoms with van der Waals surface area (Å²) >= 11 is 0. The fourth-order valence-corrected chi connectivity index (χ4v) is 2.73. The van der Waals surface area contributed by atoms with Gasteiger partial charge in [0.2, 0.25) is 0 Å². The molecule has 6 heteroatoms. The molecule has 6 nitrogen and oxygen atoms in total. The molecule has 2 amide bonds. The Bertz CT molecular complexity index is 989. The van der Waals surface area contributed by atoms with Gasteiger partial charge in [-0.3, -0.25) is 25.4 Å². The average molecular weight is 337 g/mol. The molecule has 1 aromatic carbocycles. The molecule has 0 unspecified atom stereocenters. The molecule has 2 heterocycles. The highest BCUT2D eigenvalue weighted by Crippen LogP contribution is 2.18. The van der Waals surface area contributed by atoms with Crippen LogP contribution >= 0.6 is 0 Å². The van der Waals surface area contributed by atoms with Gasteiger partial charge in [-0.25, -0.2) is 0 Å². The molecule has 0 bridgehead atoms. The zero-order valence-corrected chi connectivity index (χ0v) is 14.6. The third-order valence-electron chi connectivity index (χ3n) is 3.98. The van der Waals surface area contributed by atoms with E-state index in [-0.39, 0.29) is 0 Å². The fraction of sp³-hybridized carbons (Fsp3) is 0.211. The molecule has 2 aromatic heterocycles. The summed E-state index contributed by atoms with van der Waals surface area (Å²) in [4.78, 5) is 29.0. The van der Waals surface area contributed by atoms with Gasteiger partial charge in [-0.1, -0.05) is 11.6 Å². The summed E-state index contributed by atoms with van der Waals surface area (Å²) in [7, 11) is 0.